The van der Waals surface area contributed by atoms with Crippen molar-refractivity contribution in [2.75, 3.05) is 26.3 Å². The van der Waals surface area contributed by atoms with Crippen molar-refractivity contribution in [1.29, 1.82) is 0 Å². The molecule has 0 radical (unpaired) electrons. The third-order valence-corrected chi connectivity index (χ3v) is 0.987. The van der Waals surface area contributed by atoms with Gasteiger partial charge in [0.15, 0.2) is 0 Å². The van der Waals surface area contributed by atoms with Gasteiger partial charge < -0.3 is 16.1 Å². The van der Waals surface area contributed by atoms with E-state index in [1.165, 1.54) is 5.06 Å². The Morgan fingerprint density at radius 2 is 1.75 bits per heavy atom. The molecule has 0 aromatic heterocycles. The van der Waals surface area contributed by atoms with Gasteiger partial charge in [0, 0.05) is 13.1 Å². The van der Waals surface area contributed by atoms with Crippen LogP contribution in [-0.2, 0) is 4.74 Å². The van der Waals surface area contributed by atoms with Gasteiger partial charge in [-0.15, -0.1) is 0 Å². The maximum Gasteiger partial charge on any atom is 0.0617 e. The zero-order valence-electron chi connectivity index (χ0n) is 4.84. The number of nitrogens with zero attached hydrogens (tertiary/aromatic N) is 1. The fourth-order valence-corrected chi connectivity index (χ4v) is 0.554. The third kappa shape index (κ3) is 2.23. The van der Waals surface area contributed by atoms with Gasteiger partial charge in [-0.05, 0) is 0 Å². The SMILES string of the molecule is N.ON1CCOCC1. The highest BCUT2D eigenvalue weighted by molar-refractivity contribution is 4.48. The molecule has 0 unspecified atom stereocenters. The summed E-state index contributed by atoms with van der Waals surface area (Å²) in [7, 11) is 0. The average molecular weight is 120 g/mol. The lowest BCUT2D eigenvalue weighted by Crippen LogP contribution is -2.33. The van der Waals surface area contributed by atoms with E-state index in [4.69, 9.17) is 9.94 Å². The number of hydrogen-bond donors (Lipinski definition) is 2. The van der Waals surface area contributed by atoms with Gasteiger partial charge in [0.25, 0.3) is 0 Å². The van der Waals surface area contributed by atoms with Gasteiger partial charge in [-0.1, -0.05) is 0 Å². The van der Waals surface area contributed by atoms with Gasteiger partial charge in [0.1, 0.15) is 0 Å². The second kappa shape index (κ2) is 3.80. The highest BCUT2D eigenvalue weighted by Crippen LogP contribution is 1.89. The first-order valence-corrected chi connectivity index (χ1v) is 2.41. The number of hydroxylamine groups is 2. The van der Waals surface area contributed by atoms with Crippen LogP contribution < -0.4 is 6.15 Å². The van der Waals surface area contributed by atoms with Crippen molar-refractivity contribution >= 4 is 0 Å². The summed E-state index contributed by atoms with van der Waals surface area (Å²) in [6, 6.07) is 0. The van der Waals surface area contributed by atoms with E-state index in [0.717, 1.165) is 0 Å². The summed E-state index contributed by atoms with van der Waals surface area (Å²) in [6.07, 6.45) is 0. The summed E-state index contributed by atoms with van der Waals surface area (Å²) in [6.45, 7) is 2.63. The summed E-state index contributed by atoms with van der Waals surface area (Å²) in [5.41, 5.74) is 0. The molecule has 0 aliphatic carbocycles. The van der Waals surface area contributed by atoms with Crippen molar-refractivity contribution in [2.45, 2.75) is 0 Å². The van der Waals surface area contributed by atoms with Crippen molar-refractivity contribution in [1.82, 2.24) is 11.2 Å². The molecule has 8 heavy (non-hydrogen) atoms. The molecule has 0 spiro atoms. The van der Waals surface area contributed by atoms with Crippen LogP contribution in [0.15, 0.2) is 0 Å². The van der Waals surface area contributed by atoms with Crippen molar-refractivity contribution in [3.8, 4) is 0 Å². The molecular weight excluding hydrogens is 108 g/mol. The first-order valence-electron chi connectivity index (χ1n) is 2.41. The van der Waals surface area contributed by atoms with E-state index < -0.39 is 0 Å². The van der Waals surface area contributed by atoms with Crippen molar-refractivity contribution in [2.24, 2.45) is 0 Å². The van der Waals surface area contributed by atoms with Crippen molar-refractivity contribution in [3.05, 3.63) is 0 Å². The minimum atomic E-state index is 0. The van der Waals surface area contributed by atoms with Gasteiger partial charge in [-0.3, -0.25) is 0 Å². The second-order valence-electron chi connectivity index (χ2n) is 1.57. The quantitative estimate of drug-likeness (QED) is 0.467. The molecule has 1 rings (SSSR count). The molecule has 0 bridgehead atoms. The Bertz CT molecular complexity index is 54.0. The number of ether oxygens (including phenoxy) is 1. The van der Waals surface area contributed by atoms with E-state index in [-0.39, 0.29) is 6.15 Å². The molecule has 4 heteroatoms. The molecule has 1 aliphatic heterocycles. The Hall–Kier alpha value is -0.160. The predicted molar refractivity (Wildman–Crippen MR) is 29.2 cm³/mol. The standard InChI is InChI=1S/C4H9NO2.H3N/c6-5-1-3-7-4-2-5;/h6H,1-4H2;1H3. The molecule has 1 saturated heterocycles. The highest BCUT2D eigenvalue weighted by Gasteiger charge is 2.04. The molecule has 50 valence electrons. The van der Waals surface area contributed by atoms with Gasteiger partial charge >= 0.3 is 0 Å². The Morgan fingerprint density at radius 1 is 1.25 bits per heavy atom. The summed E-state index contributed by atoms with van der Waals surface area (Å²) < 4.78 is 4.94. The highest BCUT2D eigenvalue weighted by atomic mass is 16.5. The van der Waals surface area contributed by atoms with E-state index in [0.29, 0.717) is 26.3 Å². The number of rotatable bonds is 0. The first-order chi connectivity index (χ1) is 3.39. The normalized spacial score (nSPS) is 22.1. The zero-order chi connectivity index (χ0) is 5.11. The minimum absolute atomic E-state index is 0. The molecular formula is C4H12N2O2. The van der Waals surface area contributed by atoms with Crippen molar-refractivity contribution < 1.29 is 9.94 Å². The molecule has 1 aliphatic rings. The van der Waals surface area contributed by atoms with Crippen LogP contribution in [0.1, 0.15) is 0 Å². The van der Waals surface area contributed by atoms with Crippen LogP contribution in [-0.4, -0.2) is 36.6 Å². The Labute approximate surface area is 48.6 Å². The lowest BCUT2D eigenvalue weighted by atomic mass is 10.5. The maximum absolute atomic E-state index is 8.66. The molecule has 0 aromatic carbocycles. The average Bonchev–Trinajstić information content (AvgIpc) is 1.69. The summed E-state index contributed by atoms with van der Waals surface area (Å²) in [4.78, 5) is 0. The van der Waals surface area contributed by atoms with Gasteiger partial charge in [0.05, 0.1) is 13.2 Å². The number of hydrogen-bond acceptors (Lipinski definition) is 4. The van der Waals surface area contributed by atoms with Crippen LogP contribution in [0.4, 0.5) is 0 Å². The van der Waals surface area contributed by atoms with Crippen LogP contribution in [0.2, 0.25) is 0 Å². The predicted octanol–water partition coefficient (Wildman–Crippen LogP) is -0.130. The Balaban J connectivity index is 0.000000490. The second-order valence-corrected chi connectivity index (χ2v) is 1.57. The van der Waals surface area contributed by atoms with Crippen LogP contribution in [0, 0.1) is 0 Å². The fourth-order valence-electron chi connectivity index (χ4n) is 0.554. The molecule has 4 nitrogen and oxygen atoms in total. The van der Waals surface area contributed by atoms with Crippen LogP contribution >= 0.6 is 0 Å². The van der Waals surface area contributed by atoms with E-state index >= 15 is 0 Å². The molecule has 0 aromatic rings. The first kappa shape index (κ1) is 7.84. The topological polar surface area (TPSA) is 67.7 Å². The lowest BCUT2D eigenvalue weighted by molar-refractivity contribution is -0.143. The van der Waals surface area contributed by atoms with E-state index in [9.17, 15) is 0 Å². The zero-order valence-corrected chi connectivity index (χ0v) is 4.84. The smallest absolute Gasteiger partial charge is 0.0617 e. The monoisotopic (exact) mass is 120 g/mol. The van der Waals surface area contributed by atoms with Crippen molar-refractivity contribution in [3.63, 3.8) is 0 Å². The summed E-state index contributed by atoms with van der Waals surface area (Å²) >= 11 is 0. The van der Waals surface area contributed by atoms with Gasteiger partial charge in [0.2, 0.25) is 0 Å². The summed E-state index contributed by atoms with van der Waals surface area (Å²) in [5.74, 6) is 0. The van der Waals surface area contributed by atoms with E-state index in [1.54, 1.807) is 0 Å². The Morgan fingerprint density at radius 3 is 2.00 bits per heavy atom. The van der Waals surface area contributed by atoms with E-state index in [1.807, 2.05) is 0 Å². The number of morpholine rings is 1. The molecule has 1 heterocycles. The molecule has 0 saturated carbocycles. The fraction of sp³-hybridized carbons (Fsp3) is 1.00. The van der Waals surface area contributed by atoms with Crippen LogP contribution in [0.3, 0.4) is 0 Å². The third-order valence-electron chi connectivity index (χ3n) is 0.987. The van der Waals surface area contributed by atoms with Gasteiger partial charge in [-0.2, -0.15) is 5.06 Å². The van der Waals surface area contributed by atoms with Gasteiger partial charge in [-0.25, -0.2) is 0 Å². The maximum atomic E-state index is 8.66. The van der Waals surface area contributed by atoms with E-state index in [2.05, 4.69) is 0 Å². The lowest BCUT2D eigenvalue weighted by Gasteiger charge is -2.19. The van der Waals surface area contributed by atoms with Crippen LogP contribution in [0.5, 0.6) is 0 Å². The summed E-state index contributed by atoms with van der Waals surface area (Å²) in [5, 5.41) is 9.93. The van der Waals surface area contributed by atoms with Crippen LogP contribution in [0.25, 0.3) is 0 Å². The minimum Gasteiger partial charge on any atom is -0.379 e. The molecule has 0 atom stereocenters. The molecule has 0 amide bonds. The largest absolute Gasteiger partial charge is 0.379 e. The Kier molecular flexibility index (Phi) is 3.72. The molecule has 4 N–H and O–H groups in total. The molecule has 1 fully saturated rings.